The minimum atomic E-state index is -0.127. The Balaban J connectivity index is 1.42. The van der Waals surface area contributed by atoms with Gasteiger partial charge in [-0.3, -0.25) is 9.36 Å². The maximum Gasteiger partial charge on any atom is 0.326 e. The summed E-state index contributed by atoms with van der Waals surface area (Å²) in [6.07, 6.45) is 1.48. The first kappa shape index (κ1) is 17.1. The molecule has 1 fully saturated rings. The SMILES string of the molecule is CN1CCN(c2cc(NCCn3c(=O)[nH]c4ccccc43)ncn2)CC1=O. The molecule has 2 aromatic heterocycles. The summed E-state index contributed by atoms with van der Waals surface area (Å²) in [5, 5.41) is 3.23. The van der Waals surface area contributed by atoms with Crippen LogP contribution in [0.15, 0.2) is 41.5 Å². The Bertz CT molecular complexity index is 1030. The van der Waals surface area contributed by atoms with E-state index in [1.54, 1.807) is 16.5 Å². The molecular weight excluding hydrogens is 346 g/mol. The van der Waals surface area contributed by atoms with Gasteiger partial charge in [0.2, 0.25) is 5.91 Å². The number of amides is 1. The fourth-order valence-corrected chi connectivity index (χ4v) is 3.20. The summed E-state index contributed by atoms with van der Waals surface area (Å²) in [4.78, 5) is 39.0. The molecule has 1 aromatic carbocycles. The zero-order chi connectivity index (χ0) is 18.8. The van der Waals surface area contributed by atoms with Crippen molar-refractivity contribution in [3.8, 4) is 0 Å². The lowest BCUT2D eigenvalue weighted by molar-refractivity contribution is -0.129. The maximum atomic E-state index is 12.1. The van der Waals surface area contributed by atoms with Gasteiger partial charge in [-0.05, 0) is 12.1 Å². The molecule has 1 aliphatic rings. The Morgan fingerprint density at radius 2 is 2.04 bits per heavy atom. The lowest BCUT2D eigenvalue weighted by Gasteiger charge is -2.32. The van der Waals surface area contributed by atoms with Gasteiger partial charge in [-0.25, -0.2) is 14.8 Å². The number of para-hydroxylation sites is 2. The summed E-state index contributed by atoms with van der Waals surface area (Å²) in [7, 11) is 1.80. The number of piperazine rings is 1. The number of nitrogens with zero attached hydrogens (tertiary/aromatic N) is 5. The van der Waals surface area contributed by atoms with E-state index < -0.39 is 0 Å². The second kappa shape index (κ2) is 7.10. The Kier molecular flexibility index (Phi) is 4.49. The molecule has 0 spiro atoms. The third kappa shape index (κ3) is 3.48. The molecule has 0 aliphatic carbocycles. The molecule has 27 heavy (non-hydrogen) atoms. The monoisotopic (exact) mass is 367 g/mol. The van der Waals surface area contributed by atoms with Gasteiger partial charge in [0.1, 0.15) is 18.0 Å². The number of fused-ring (bicyclic) bond motifs is 1. The first-order valence-corrected chi connectivity index (χ1v) is 8.84. The standard InChI is InChI=1S/C18H21N7O2/c1-23-8-9-24(11-17(23)26)16-10-15(20-12-21-16)19-6-7-25-14-5-3-2-4-13(14)22-18(25)27/h2-5,10,12H,6-9,11H2,1H3,(H,22,27)(H,19,20,21). The van der Waals surface area contributed by atoms with Gasteiger partial charge in [-0.1, -0.05) is 12.1 Å². The van der Waals surface area contributed by atoms with Crippen LogP contribution in [0.25, 0.3) is 11.0 Å². The predicted octanol–water partition coefficient (Wildman–Crippen LogP) is 0.510. The fraction of sp³-hybridized carbons (Fsp3) is 0.333. The molecule has 1 amide bonds. The highest BCUT2D eigenvalue weighted by Crippen LogP contribution is 2.16. The molecule has 4 rings (SSSR count). The highest BCUT2D eigenvalue weighted by atomic mass is 16.2. The smallest absolute Gasteiger partial charge is 0.326 e. The van der Waals surface area contributed by atoms with Crippen molar-refractivity contribution in [2.24, 2.45) is 0 Å². The number of aromatic amines is 1. The minimum Gasteiger partial charge on any atom is -0.368 e. The topological polar surface area (TPSA) is 99.2 Å². The van der Waals surface area contributed by atoms with Crippen LogP contribution in [0, 0.1) is 0 Å². The first-order chi connectivity index (χ1) is 13.1. The van der Waals surface area contributed by atoms with Crippen molar-refractivity contribution in [1.82, 2.24) is 24.4 Å². The molecule has 1 aliphatic heterocycles. The van der Waals surface area contributed by atoms with Crippen molar-refractivity contribution in [3.05, 3.63) is 47.1 Å². The third-order valence-corrected chi connectivity index (χ3v) is 4.76. The molecule has 0 bridgehead atoms. The number of likely N-dealkylation sites (N-methyl/N-ethyl adjacent to an activating group) is 1. The second-order valence-corrected chi connectivity index (χ2v) is 6.52. The summed E-state index contributed by atoms with van der Waals surface area (Å²) < 4.78 is 1.70. The highest BCUT2D eigenvalue weighted by Gasteiger charge is 2.22. The number of hydrogen-bond acceptors (Lipinski definition) is 6. The number of benzene rings is 1. The molecule has 9 nitrogen and oxygen atoms in total. The van der Waals surface area contributed by atoms with Crippen LogP contribution in [0.4, 0.5) is 11.6 Å². The number of H-pyrrole nitrogens is 1. The largest absolute Gasteiger partial charge is 0.368 e. The Morgan fingerprint density at radius 3 is 2.89 bits per heavy atom. The quantitative estimate of drug-likeness (QED) is 0.682. The van der Waals surface area contributed by atoms with E-state index in [1.165, 1.54) is 6.33 Å². The molecule has 1 saturated heterocycles. The van der Waals surface area contributed by atoms with Crippen molar-refractivity contribution in [3.63, 3.8) is 0 Å². The van der Waals surface area contributed by atoms with Gasteiger partial charge in [0.25, 0.3) is 0 Å². The number of carbonyl (C=O) groups is 1. The van der Waals surface area contributed by atoms with Crippen molar-refractivity contribution in [2.75, 3.05) is 43.4 Å². The third-order valence-electron chi connectivity index (χ3n) is 4.76. The van der Waals surface area contributed by atoms with Crippen LogP contribution in [-0.2, 0) is 11.3 Å². The first-order valence-electron chi connectivity index (χ1n) is 8.84. The summed E-state index contributed by atoms with van der Waals surface area (Å²) in [6, 6.07) is 9.44. The van der Waals surface area contributed by atoms with Crippen molar-refractivity contribution < 1.29 is 4.79 Å². The van der Waals surface area contributed by atoms with Crippen LogP contribution >= 0.6 is 0 Å². The number of anilines is 2. The van der Waals surface area contributed by atoms with Gasteiger partial charge in [-0.2, -0.15) is 0 Å². The summed E-state index contributed by atoms with van der Waals surface area (Å²) in [5.74, 6) is 1.46. The Morgan fingerprint density at radius 1 is 1.19 bits per heavy atom. The number of imidazole rings is 1. The molecule has 3 heterocycles. The average Bonchev–Trinajstić information content (AvgIpc) is 3.00. The molecule has 0 unspecified atom stereocenters. The van der Waals surface area contributed by atoms with Crippen molar-refractivity contribution in [2.45, 2.75) is 6.54 Å². The van der Waals surface area contributed by atoms with Gasteiger partial charge < -0.3 is 20.1 Å². The van der Waals surface area contributed by atoms with Crippen molar-refractivity contribution >= 4 is 28.6 Å². The number of aromatic nitrogens is 4. The van der Waals surface area contributed by atoms with Gasteiger partial charge in [-0.15, -0.1) is 0 Å². The van der Waals surface area contributed by atoms with Crippen LogP contribution < -0.4 is 15.9 Å². The molecule has 0 atom stereocenters. The zero-order valence-corrected chi connectivity index (χ0v) is 15.1. The van der Waals surface area contributed by atoms with Crippen LogP contribution in [0.2, 0.25) is 0 Å². The highest BCUT2D eigenvalue weighted by molar-refractivity contribution is 5.82. The van der Waals surface area contributed by atoms with Crippen molar-refractivity contribution in [1.29, 1.82) is 0 Å². The molecule has 0 saturated carbocycles. The number of rotatable bonds is 5. The molecular formula is C18H21N7O2. The number of hydrogen-bond donors (Lipinski definition) is 2. The van der Waals surface area contributed by atoms with Gasteiger partial charge in [0, 0.05) is 39.3 Å². The number of carbonyl (C=O) groups excluding carboxylic acids is 1. The van der Waals surface area contributed by atoms with E-state index >= 15 is 0 Å². The maximum absolute atomic E-state index is 12.1. The van der Waals surface area contributed by atoms with E-state index in [2.05, 4.69) is 20.3 Å². The van der Waals surface area contributed by atoms with Gasteiger partial charge >= 0.3 is 5.69 Å². The van der Waals surface area contributed by atoms with Gasteiger partial charge in [0.15, 0.2) is 0 Å². The zero-order valence-electron chi connectivity index (χ0n) is 15.1. The van der Waals surface area contributed by atoms with Crippen LogP contribution in [0.3, 0.4) is 0 Å². The lowest BCUT2D eigenvalue weighted by Crippen LogP contribution is -2.48. The molecule has 140 valence electrons. The van der Waals surface area contributed by atoms with Gasteiger partial charge in [0.05, 0.1) is 17.6 Å². The van der Waals surface area contributed by atoms with E-state index in [1.807, 2.05) is 35.2 Å². The molecule has 2 N–H and O–H groups in total. The molecule has 9 heteroatoms. The second-order valence-electron chi connectivity index (χ2n) is 6.52. The van der Waals surface area contributed by atoms with E-state index in [0.717, 1.165) is 23.4 Å². The van der Waals surface area contributed by atoms with E-state index in [0.29, 0.717) is 32.0 Å². The summed E-state index contributed by atoms with van der Waals surface area (Å²) in [6.45, 7) is 2.78. The van der Waals surface area contributed by atoms with Crippen LogP contribution in [-0.4, -0.2) is 63.6 Å². The summed E-state index contributed by atoms with van der Waals surface area (Å²) >= 11 is 0. The van der Waals surface area contributed by atoms with E-state index in [9.17, 15) is 9.59 Å². The van der Waals surface area contributed by atoms with E-state index in [-0.39, 0.29) is 11.6 Å². The molecule has 0 radical (unpaired) electrons. The minimum absolute atomic E-state index is 0.0769. The number of nitrogens with one attached hydrogen (secondary N) is 2. The van der Waals surface area contributed by atoms with E-state index in [4.69, 9.17) is 0 Å². The summed E-state index contributed by atoms with van der Waals surface area (Å²) in [5.41, 5.74) is 1.58. The van der Waals surface area contributed by atoms with Crippen LogP contribution in [0.1, 0.15) is 0 Å². The average molecular weight is 367 g/mol. The fourth-order valence-electron chi connectivity index (χ4n) is 3.20. The predicted molar refractivity (Wildman–Crippen MR) is 103 cm³/mol. The Hall–Kier alpha value is -3.36. The lowest BCUT2D eigenvalue weighted by atomic mass is 10.3. The normalized spacial score (nSPS) is 14.8. The molecule has 3 aromatic rings. The van der Waals surface area contributed by atoms with Crippen LogP contribution in [0.5, 0.6) is 0 Å². The Labute approximate surface area is 155 Å².